The van der Waals surface area contributed by atoms with Gasteiger partial charge in [0.25, 0.3) is 0 Å². The van der Waals surface area contributed by atoms with Crippen molar-refractivity contribution in [1.82, 2.24) is 19.7 Å². The highest BCUT2D eigenvalue weighted by molar-refractivity contribution is 8.00. The van der Waals surface area contributed by atoms with Crippen LogP contribution in [0.15, 0.2) is 84.1 Å². The molecule has 182 valence electrons. The Morgan fingerprint density at radius 1 is 1.00 bits per heavy atom. The SMILES string of the molecule is CC(C)Cn1c(S[C@H](C(=O)c2c[nH]c3ccccc23)c2ccccc2)nnc1-c1ccc(Cl)cc1Cl. The lowest BCUT2D eigenvalue weighted by Gasteiger charge is -2.18. The minimum atomic E-state index is -0.506. The maximum atomic E-state index is 14.0. The van der Waals surface area contributed by atoms with E-state index in [0.717, 1.165) is 22.0 Å². The molecule has 1 atom stereocenters. The number of thioether (sulfide) groups is 1. The van der Waals surface area contributed by atoms with Gasteiger partial charge in [0.05, 0.1) is 5.02 Å². The summed E-state index contributed by atoms with van der Waals surface area (Å²) in [5, 5.41) is 11.1. The molecule has 0 saturated heterocycles. The van der Waals surface area contributed by atoms with Crippen molar-refractivity contribution in [3.8, 4) is 11.4 Å². The third kappa shape index (κ3) is 4.94. The molecule has 0 bridgehead atoms. The third-order valence-corrected chi connectivity index (χ3v) is 7.64. The predicted octanol–water partition coefficient (Wildman–Crippen LogP) is 8.11. The summed E-state index contributed by atoms with van der Waals surface area (Å²) in [6.45, 7) is 4.94. The average Bonchev–Trinajstić information content (AvgIpc) is 3.47. The van der Waals surface area contributed by atoms with Gasteiger partial charge < -0.3 is 9.55 Å². The summed E-state index contributed by atoms with van der Waals surface area (Å²) in [4.78, 5) is 17.2. The van der Waals surface area contributed by atoms with Crippen molar-refractivity contribution in [3.05, 3.63) is 100 Å². The highest BCUT2D eigenvalue weighted by atomic mass is 35.5. The van der Waals surface area contributed by atoms with E-state index in [4.69, 9.17) is 23.2 Å². The van der Waals surface area contributed by atoms with Crippen molar-refractivity contribution in [2.75, 3.05) is 0 Å². The Kier molecular flexibility index (Phi) is 7.19. The summed E-state index contributed by atoms with van der Waals surface area (Å²) in [5.41, 5.74) is 3.24. The first kappa shape index (κ1) is 24.6. The molecule has 0 amide bonds. The lowest BCUT2D eigenvalue weighted by atomic mass is 10.0. The summed E-state index contributed by atoms with van der Waals surface area (Å²) in [5.74, 6) is 0.984. The number of hydrogen-bond donors (Lipinski definition) is 1. The van der Waals surface area contributed by atoms with Crippen molar-refractivity contribution >= 4 is 51.6 Å². The van der Waals surface area contributed by atoms with Crippen LogP contribution in [0.1, 0.15) is 35.0 Å². The van der Waals surface area contributed by atoms with Crippen LogP contribution in [0.25, 0.3) is 22.3 Å². The van der Waals surface area contributed by atoms with Crippen LogP contribution >= 0.6 is 35.0 Å². The van der Waals surface area contributed by atoms with Gasteiger partial charge in [0.15, 0.2) is 16.8 Å². The number of hydrogen-bond acceptors (Lipinski definition) is 4. The lowest BCUT2D eigenvalue weighted by Crippen LogP contribution is -2.13. The van der Waals surface area contributed by atoms with Gasteiger partial charge in [-0.25, -0.2) is 0 Å². The molecule has 0 fully saturated rings. The molecule has 0 saturated carbocycles. The standard InChI is InChI=1S/C28H24Cl2N4OS/c1-17(2)16-34-27(21-13-12-19(29)14-23(21)30)32-33-28(34)36-26(18-8-4-3-5-9-18)25(35)22-15-31-24-11-7-6-10-20(22)24/h3-15,17,26,31H,16H2,1-2H3/t26-/m0/s1. The second-order valence-electron chi connectivity index (χ2n) is 8.96. The number of Topliss-reactive ketones (excluding diaryl/α,β-unsaturated/α-hetero) is 1. The van der Waals surface area contributed by atoms with Gasteiger partial charge in [-0.1, -0.05) is 97.3 Å². The average molecular weight is 536 g/mol. The van der Waals surface area contributed by atoms with E-state index in [2.05, 4.69) is 29.0 Å². The number of aromatic amines is 1. The van der Waals surface area contributed by atoms with E-state index in [0.29, 0.717) is 39.1 Å². The van der Waals surface area contributed by atoms with Gasteiger partial charge in [0.2, 0.25) is 0 Å². The van der Waals surface area contributed by atoms with E-state index in [1.807, 2.05) is 65.2 Å². The number of carbonyl (C=O) groups is 1. The van der Waals surface area contributed by atoms with Crippen LogP contribution in [0, 0.1) is 5.92 Å². The van der Waals surface area contributed by atoms with E-state index >= 15 is 0 Å². The summed E-state index contributed by atoms with van der Waals surface area (Å²) < 4.78 is 2.04. The van der Waals surface area contributed by atoms with E-state index in [-0.39, 0.29) is 5.78 Å². The summed E-state index contributed by atoms with van der Waals surface area (Å²) in [6.07, 6.45) is 1.79. The number of ketones is 1. The Morgan fingerprint density at radius 3 is 2.50 bits per heavy atom. The second kappa shape index (κ2) is 10.5. The molecule has 0 unspecified atom stereocenters. The lowest BCUT2D eigenvalue weighted by molar-refractivity contribution is 0.0991. The number of fused-ring (bicyclic) bond motifs is 1. The number of nitrogens with one attached hydrogen (secondary N) is 1. The Morgan fingerprint density at radius 2 is 1.75 bits per heavy atom. The largest absolute Gasteiger partial charge is 0.360 e. The molecule has 0 spiro atoms. The van der Waals surface area contributed by atoms with Crippen LogP contribution in [0.2, 0.25) is 10.0 Å². The maximum Gasteiger partial charge on any atom is 0.192 e. The first-order valence-electron chi connectivity index (χ1n) is 11.6. The van der Waals surface area contributed by atoms with Crippen LogP contribution in [-0.2, 0) is 6.54 Å². The van der Waals surface area contributed by atoms with Gasteiger partial charge in [-0.2, -0.15) is 0 Å². The molecule has 5 aromatic rings. The van der Waals surface area contributed by atoms with Crippen molar-refractivity contribution < 1.29 is 4.79 Å². The topological polar surface area (TPSA) is 63.6 Å². The summed E-state index contributed by atoms with van der Waals surface area (Å²) in [7, 11) is 0. The van der Waals surface area contributed by atoms with E-state index < -0.39 is 5.25 Å². The monoisotopic (exact) mass is 534 g/mol. The normalized spacial score (nSPS) is 12.4. The van der Waals surface area contributed by atoms with Crippen LogP contribution in [0.3, 0.4) is 0 Å². The third-order valence-electron chi connectivity index (χ3n) is 5.86. The Hall–Kier alpha value is -3.06. The highest BCUT2D eigenvalue weighted by Gasteiger charge is 2.29. The van der Waals surface area contributed by atoms with Gasteiger partial charge in [0, 0.05) is 39.8 Å². The molecule has 0 aliphatic heterocycles. The quantitative estimate of drug-likeness (QED) is 0.161. The number of carbonyl (C=O) groups excluding carboxylic acids is 1. The molecule has 0 radical (unpaired) electrons. The Balaban J connectivity index is 1.59. The number of aromatic nitrogens is 4. The van der Waals surface area contributed by atoms with Gasteiger partial charge in [-0.15, -0.1) is 10.2 Å². The van der Waals surface area contributed by atoms with Crippen molar-refractivity contribution in [1.29, 1.82) is 0 Å². The smallest absolute Gasteiger partial charge is 0.192 e. The minimum Gasteiger partial charge on any atom is -0.360 e. The Labute approximate surface area is 223 Å². The number of benzene rings is 3. The molecule has 1 N–H and O–H groups in total. The minimum absolute atomic E-state index is 0.00817. The van der Waals surface area contributed by atoms with Gasteiger partial charge >= 0.3 is 0 Å². The number of para-hydroxylation sites is 1. The molecule has 3 aromatic carbocycles. The molecular weight excluding hydrogens is 511 g/mol. The molecule has 2 heterocycles. The zero-order valence-electron chi connectivity index (χ0n) is 19.8. The fraction of sp³-hybridized carbons (Fsp3) is 0.179. The van der Waals surface area contributed by atoms with Crippen LogP contribution in [-0.4, -0.2) is 25.5 Å². The van der Waals surface area contributed by atoms with Crippen LogP contribution in [0.5, 0.6) is 0 Å². The number of H-pyrrole nitrogens is 1. The van der Waals surface area contributed by atoms with E-state index in [1.54, 1.807) is 18.3 Å². The first-order valence-corrected chi connectivity index (χ1v) is 13.3. The zero-order valence-corrected chi connectivity index (χ0v) is 22.1. The van der Waals surface area contributed by atoms with Crippen LogP contribution < -0.4 is 0 Å². The van der Waals surface area contributed by atoms with E-state index in [1.165, 1.54) is 11.8 Å². The van der Waals surface area contributed by atoms with Gasteiger partial charge in [-0.3, -0.25) is 4.79 Å². The fourth-order valence-electron chi connectivity index (χ4n) is 4.20. The predicted molar refractivity (Wildman–Crippen MR) is 148 cm³/mol. The molecule has 36 heavy (non-hydrogen) atoms. The van der Waals surface area contributed by atoms with Crippen molar-refractivity contribution in [2.24, 2.45) is 5.92 Å². The highest BCUT2D eigenvalue weighted by Crippen LogP contribution is 2.40. The molecular formula is C28H24Cl2N4OS. The molecule has 2 aromatic heterocycles. The number of rotatable bonds is 8. The molecule has 5 rings (SSSR count). The molecule has 5 nitrogen and oxygen atoms in total. The maximum absolute atomic E-state index is 14.0. The summed E-state index contributed by atoms with van der Waals surface area (Å²) in [6, 6.07) is 23.0. The Bertz CT molecular complexity index is 1530. The van der Waals surface area contributed by atoms with Gasteiger partial charge in [0.1, 0.15) is 5.25 Å². The number of halogens is 2. The number of nitrogens with zero attached hydrogens (tertiary/aromatic N) is 3. The second-order valence-corrected chi connectivity index (χ2v) is 10.9. The zero-order chi connectivity index (χ0) is 25.2. The fourth-order valence-corrected chi connectivity index (χ4v) is 5.81. The molecule has 8 heteroatoms. The van der Waals surface area contributed by atoms with E-state index in [9.17, 15) is 4.79 Å². The molecule has 0 aliphatic carbocycles. The van der Waals surface area contributed by atoms with Crippen molar-refractivity contribution in [2.45, 2.75) is 30.8 Å². The van der Waals surface area contributed by atoms with Crippen molar-refractivity contribution in [3.63, 3.8) is 0 Å². The first-order chi connectivity index (χ1) is 17.4. The summed E-state index contributed by atoms with van der Waals surface area (Å²) >= 11 is 14.1. The van der Waals surface area contributed by atoms with Crippen LogP contribution in [0.4, 0.5) is 0 Å². The molecule has 0 aliphatic rings. The van der Waals surface area contributed by atoms with Gasteiger partial charge in [-0.05, 0) is 35.7 Å².